The van der Waals surface area contributed by atoms with Gasteiger partial charge in [-0.15, -0.1) is 0 Å². The van der Waals surface area contributed by atoms with Crippen LogP contribution in [0.1, 0.15) is 57.0 Å². The zero-order valence-electron chi connectivity index (χ0n) is 11.8. The van der Waals surface area contributed by atoms with Crippen molar-refractivity contribution >= 4 is 5.91 Å². The van der Waals surface area contributed by atoms with E-state index in [4.69, 9.17) is 0 Å². The average Bonchev–Trinajstić information content (AvgIpc) is 2.70. The molecule has 0 spiro atoms. The second-order valence-electron chi connectivity index (χ2n) is 5.88. The number of H-pyrrole nitrogens is 1. The van der Waals surface area contributed by atoms with Gasteiger partial charge < -0.3 is 4.90 Å². The molecular formula is C14H23N3O. The Morgan fingerprint density at radius 2 is 2.11 bits per heavy atom. The molecule has 0 radical (unpaired) electrons. The molecule has 1 aliphatic rings. The first-order valence-electron chi connectivity index (χ1n) is 6.82. The Kier molecular flexibility index (Phi) is 3.73. The van der Waals surface area contributed by atoms with Crippen molar-refractivity contribution in [3.63, 3.8) is 0 Å². The van der Waals surface area contributed by atoms with Crippen LogP contribution in [0.3, 0.4) is 0 Å². The first-order chi connectivity index (χ1) is 8.49. The molecule has 1 aromatic rings. The van der Waals surface area contributed by atoms with E-state index in [-0.39, 0.29) is 5.91 Å². The number of carbonyl (C=O) groups excluding carboxylic acids is 1. The first-order valence-corrected chi connectivity index (χ1v) is 6.82. The third-order valence-corrected chi connectivity index (χ3v) is 3.45. The van der Waals surface area contributed by atoms with Crippen LogP contribution in [-0.4, -0.2) is 27.5 Å². The van der Waals surface area contributed by atoms with Crippen molar-refractivity contribution in [1.29, 1.82) is 0 Å². The molecule has 1 amide bonds. The average molecular weight is 249 g/mol. The highest BCUT2D eigenvalue weighted by atomic mass is 16.2. The van der Waals surface area contributed by atoms with Gasteiger partial charge in [0.05, 0.1) is 5.69 Å². The van der Waals surface area contributed by atoms with Crippen molar-refractivity contribution in [2.24, 2.45) is 5.92 Å². The summed E-state index contributed by atoms with van der Waals surface area (Å²) in [4.78, 5) is 14.1. The van der Waals surface area contributed by atoms with Gasteiger partial charge in [0.15, 0.2) is 0 Å². The third-order valence-electron chi connectivity index (χ3n) is 3.45. The zero-order chi connectivity index (χ0) is 13.3. The number of nitrogens with zero attached hydrogens (tertiary/aromatic N) is 2. The van der Waals surface area contributed by atoms with Crippen LogP contribution in [0, 0.1) is 5.92 Å². The minimum atomic E-state index is 0.270. The lowest BCUT2D eigenvalue weighted by Crippen LogP contribution is -2.36. The van der Waals surface area contributed by atoms with E-state index >= 15 is 0 Å². The summed E-state index contributed by atoms with van der Waals surface area (Å²) in [5, 5.41) is 7.51. The molecule has 1 aliphatic heterocycles. The topological polar surface area (TPSA) is 49.0 Å². The van der Waals surface area contributed by atoms with Crippen molar-refractivity contribution in [1.82, 2.24) is 15.1 Å². The van der Waals surface area contributed by atoms with E-state index in [1.165, 1.54) is 11.3 Å². The van der Waals surface area contributed by atoms with Crippen LogP contribution in [0.4, 0.5) is 0 Å². The van der Waals surface area contributed by atoms with Gasteiger partial charge in [0.1, 0.15) is 0 Å². The Morgan fingerprint density at radius 3 is 2.72 bits per heavy atom. The monoisotopic (exact) mass is 249 g/mol. The highest BCUT2D eigenvalue weighted by molar-refractivity contribution is 5.76. The van der Waals surface area contributed by atoms with Gasteiger partial charge in [-0.05, 0) is 11.8 Å². The number of aromatic nitrogens is 2. The molecule has 0 aromatic carbocycles. The standard InChI is InChI=1S/C14H23N3O/c1-9(2)7-13(18)17-6-5-12-11(8-17)14(10(3)4)16-15-12/h9-10H,5-8H2,1-4H3,(H,15,16). The fourth-order valence-electron chi connectivity index (χ4n) is 2.49. The van der Waals surface area contributed by atoms with Gasteiger partial charge in [0.25, 0.3) is 0 Å². The normalized spacial score (nSPS) is 15.3. The van der Waals surface area contributed by atoms with E-state index in [0.717, 1.165) is 25.2 Å². The lowest BCUT2D eigenvalue weighted by molar-refractivity contribution is -0.132. The zero-order valence-corrected chi connectivity index (χ0v) is 11.8. The largest absolute Gasteiger partial charge is 0.338 e. The summed E-state index contributed by atoms with van der Waals surface area (Å²) in [6, 6.07) is 0. The highest BCUT2D eigenvalue weighted by Crippen LogP contribution is 2.26. The van der Waals surface area contributed by atoms with Crippen LogP contribution in [0.2, 0.25) is 0 Å². The SMILES string of the molecule is CC(C)CC(=O)N1CCc2[nH]nc(C(C)C)c2C1. The molecule has 1 N–H and O–H groups in total. The molecule has 0 aliphatic carbocycles. The summed E-state index contributed by atoms with van der Waals surface area (Å²) in [5.74, 6) is 1.10. The van der Waals surface area contributed by atoms with Crippen molar-refractivity contribution in [3.05, 3.63) is 17.0 Å². The summed E-state index contributed by atoms with van der Waals surface area (Å²) < 4.78 is 0. The molecule has 4 nitrogen and oxygen atoms in total. The fourth-order valence-corrected chi connectivity index (χ4v) is 2.49. The Hall–Kier alpha value is -1.32. The van der Waals surface area contributed by atoms with Gasteiger partial charge in [-0.3, -0.25) is 9.89 Å². The Morgan fingerprint density at radius 1 is 1.39 bits per heavy atom. The number of hydrogen-bond acceptors (Lipinski definition) is 2. The van der Waals surface area contributed by atoms with Crippen LogP contribution in [-0.2, 0) is 17.8 Å². The smallest absolute Gasteiger partial charge is 0.223 e. The molecule has 2 heterocycles. The van der Waals surface area contributed by atoms with Crippen LogP contribution in [0.5, 0.6) is 0 Å². The van der Waals surface area contributed by atoms with Crippen LogP contribution >= 0.6 is 0 Å². The molecular weight excluding hydrogens is 226 g/mol. The van der Waals surface area contributed by atoms with E-state index in [1.807, 2.05) is 4.90 Å². The molecule has 1 aromatic heterocycles. The maximum absolute atomic E-state index is 12.1. The minimum absolute atomic E-state index is 0.270. The third kappa shape index (κ3) is 2.57. The molecule has 0 atom stereocenters. The van der Waals surface area contributed by atoms with Crippen LogP contribution in [0.15, 0.2) is 0 Å². The lowest BCUT2D eigenvalue weighted by atomic mass is 9.99. The minimum Gasteiger partial charge on any atom is -0.338 e. The van der Waals surface area contributed by atoms with Crippen LogP contribution < -0.4 is 0 Å². The number of amides is 1. The van der Waals surface area contributed by atoms with Crippen molar-refractivity contribution < 1.29 is 4.79 Å². The maximum atomic E-state index is 12.1. The fraction of sp³-hybridized carbons (Fsp3) is 0.714. The summed E-state index contributed by atoms with van der Waals surface area (Å²) in [6.45, 7) is 10.0. The van der Waals surface area contributed by atoms with Gasteiger partial charge in [0.2, 0.25) is 5.91 Å². The summed E-state index contributed by atoms with van der Waals surface area (Å²) in [5.41, 5.74) is 3.58. The number of carbonyl (C=O) groups is 1. The Labute approximate surface area is 109 Å². The van der Waals surface area contributed by atoms with Crippen LogP contribution in [0.25, 0.3) is 0 Å². The molecule has 0 fully saturated rings. The predicted octanol–water partition coefficient (Wildman–Crippen LogP) is 2.46. The lowest BCUT2D eigenvalue weighted by Gasteiger charge is -2.28. The molecule has 2 rings (SSSR count). The summed E-state index contributed by atoms with van der Waals surface area (Å²) >= 11 is 0. The first kappa shape index (κ1) is 13.1. The maximum Gasteiger partial charge on any atom is 0.223 e. The number of rotatable bonds is 3. The number of fused-ring (bicyclic) bond motifs is 1. The summed E-state index contributed by atoms with van der Waals surface area (Å²) in [6.07, 6.45) is 1.54. The van der Waals surface area contributed by atoms with E-state index in [0.29, 0.717) is 18.3 Å². The van der Waals surface area contributed by atoms with E-state index < -0.39 is 0 Å². The Bertz CT molecular complexity index is 434. The molecule has 4 heteroatoms. The molecule has 0 saturated heterocycles. The molecule has 0 saturated carbocycles. The summed E-state index contributed by atoms with van der Waals surface area (Å²) in [7, 11) is 0. The van der Waals surface area contributed by atoms with Gasteiger partial charge in [-0.25, -0.2) is 0 Å². The number of aromatic amines is 1. The van der Waals surface area contributed by atoms with Crippen molar-refractivity contribution in [2.45, 2.75) is 53.0 Å². The molecule has 18 heavy (non-hydrogen) atoms. The highest BCUT2D eigenvalue weighted by Gasteiger charge is 2.25. The van der Waals surface area contributed by atoms with E-state index in [9.17, 15) is 4.79 Å². The van der Waals surface area contributed by atoms with Crippen molar-refractivity contribution in [2.75, 3.05) is 6.54 Å². The molecule has 100 valence electrons. The van der Waals surface area contributed by atoms with Gasteiger partial charge in [0, 0.05) is 37.2 Å². The second-order valence-corrected chi connectivity index (χ2v) is 5.88. The van der Waals surface area contributed by atoms with Gasteiger partial charge >= 0.3 is 0 Å². The Balaban J connectivity index is 2.13. The second kappa shape index (κ2) is 5.12. The van der Waals surface area contributed by atoms with E-state index in [2.05, 4.69) is 37.9 Å². The molecule has 0 unspecified atom stereocenters. The van der Waals surface area contributed by atoms with Gasteiger partial charge in [-0.1, -0.05) is 27.7 Å². The molecule has 0 bridgehead atoms. The van der Waals surface area contributed by atoms with Gasteiger partial charge in [-0.2, -0.15) is 5.10 Å². The quantitative estimate of drug-likeness (QED) is 0.894. The van der Waals surface area contributed by atoms with E-state index in [1.54, 1.807) is 0 Å². The number of nitrogens with one attached hydrogen (secondary N) is 1. The number of hydrogen-bond donors (Lipinski definition) is 1. The van der Waals surface area contributed by atoms with Crippen molar-refractivity contribution in [3.8, 4) is 0 Å². The predicted molar refractivity (Wildman–Crippen MR) is 71.3 cm³/mol.